The van der Waals surface area contributed by atoms with E-state index in [9.17, 15) is 0 Å². The first-order valence-electron chi connectivity index (χ1n) is 6.56. The summed E-state index contributed by atoms with van der Waals surface area (Å²) in [5.74, 6) is 0. The maximum atomic E-state index is 5.91. The Balaban J connectivity index is 2.08. The quantitative estimate of drug-likeness (QED) is 0.709. The lowest BCUT2D eigenvalue weighted by atomic mass is 10.0. The van der Waals surface area contributed by atoms with Gasteiger partial charge in [0.15, 0.2) is 0 Å². The van der Waals surface area contributed by atoms with Crippen molar-refractivity contribution in [1.82, 2.24) is 5.32 Å². The van der Waals surface area contributed by atoms with Gasteiger partial charge in [0.05, 0.1) is 18.3 Å². The molecule has 3 heteroatoms. The van der Waals surface area contributed by atoms with Gasteiger partial charge >= 0.3 is 0 Å². The summed E-state index contributed by atoms with van der Waals surface area (Å²) >= 11 is 0. The van der Waals surface area contributed by atoms with Gasteiger partial charge in [-0.25, -0.2) is 0 Å². The van der Waals surface area contributed by atoms with E-state index in [2.05, 4.69) is 26.1 Å². The predicted molar refractivity (Wildman–Crippen MR) is 66.7 cm³/mol. The molecule has 0 aliphatic carbocycles. The number of ether oxygens (including phenoxy) is 2. The highest BCUT2D eigenvalue weighted by Gasteiger charge is 2.24. The van der Waals surface area contributed by atoms with Crippen LogP contribution in [0.3, 0.4) is 0 Å². The zero-order valence-electron chi connectivity index (χ0n) is 11.2. The van der Waals surface area contributed by atoms with Crippen molar-refractivity contribution in [1.29, 1.82) is 0 Å². The van der Waals surface area contributed by atoms with Gasteiger partial charge in [-0.15, -0.1) is 0 Å². The predicted octanol–water partition coefficient (Wildman–Crippen LogP) is 2.35. The minimum absolute atomic E-state index is 0.352. The first-order valence-corrected chi connectivity index (χ1v) is 6.56. The molecule has 0 spiro atoms. The number of nitrogens with one attached hydrogen (secondary N) is 1. The molecule has 16 heavy (non-hydrogen) atoms. The monoisotopic (exact) mass is 229 g/mol. The molecular weight excluding hydrogens is 202 g/mol. The third kappa shape index (κ3) is 5.28. The van der Waals surface area contributed by atoms with Gasteiger partial charge in [-0.3, -0.25) is 0 Å². The SMILES string of the molecule is CNC(C)CCCOC1CC(C)OC(C)C1. The normalized spacial score (nSPS) is 32.6. The van der Waals surface area contributed by atoms with Crippen LogP contribution in [0.25, 0.3) is 0 Å². The standard InChI is InChI=1S/C13H27NO2/c1-10(14-4)6-5-7-15-13-8-11(2)16-12(3)9-13/h10-14H,5-9H2,1-4H3. The summed E-state index contributed by atoms with van der Waals surface area (Å²) in [6.07, 6.45) is 5.53. The Bertz CT molecular complexity index is 177. The van der Waals surface area contributed by atoms with Gasteiger partial charge in [0.25, 0.3) is 0 Å². The third-order valence-corrected chi connectivity index (χ3v) is 3.28. The molecule has 0 aromatic rings. The molecule has 1 aliphatic rings. The Morgan fingerprint density at radius 2 is 1.94 bits per heavy atom. The Morgan fingerprint density at radius 3 is 2.50 bits per heavy atom. The van der Waals surface area contributed by atoms with Gasteiger partial charge in [-0.1, -0.05) is 0 Å². The Hall–Kier alpha value is -0.120. The summed E-state index contributed by atoms with van der Waals surface area (Å²) in [6.45, 7) is 7.36. The molecule has 1 saturated heterocycles. The molecular formula is C13H27NO2. The molecule has 1 fully saturated rings. The molecule has 1 aliphatic heterocycles. The summed E-state index contributed by atoms with van der Waals surface area (Å²) in [5, 5.41) is 3.24. The van der Waals surface area contributed by atoms with Crippen LogP contribution < -0.4 is 5.32 Å². The lowest BCUT2D eigenvalue weighted by Gasteiger charge is -2.32. The van der Waals surface area contributed by atoms with E-state index in [1.54, 1.807) is 0 Å². The number of hydrogen-bond donors (Lipinski definition) is 1. The first-order chi connectivity index (χ1) is 7.61. The lowest BCUT2D eigenvalue weighted by molar-refractivity contribution is -0.102. The van der Waals surface area contributed by atoms with Crippen molar-refractivity contribution in [2.24, 2.45) is 0 Å². The van der Waals surface area contributed by atoms with Crippen molar-refractivity contribution < 1.29 is 9.47 Å². The van der Waals surface area contributed by atoms with Gasteiger partial charge in [-0.2, -0.15) is 0 Å². The smallest absolute Gasteiger partial charge is 0.0624 e. The summed E-state index contributed by atoms with van der Waals surface area (Å²) in [4.78, 5) is 0. The van der Waals surface area contributed by atoms with Gasteiger partial charge < -0.3 is 14.8 Å². The second kappa shape index (κ2) is 7.25. The highest BCUT2D eigenvalue weighted by Crippen LogP contribution is 2.21. The maximum absolute atomic E-state index is 5.91. The largest absolute Gasteiger partial charge is 0.378 e. The van der Waals surface area contributed by atoms with E-state index in [0.717, 1.165) is 25.9 Å². The number of hydrogen-bond acceptors (Lipinski definition) is 3. The molecule has 3 nitrogen and oxygen atoms in total. The van der Waals surface area contributed by atoms with Crippen LogP contribution in [0.4, 0.5) is 0 Å². The van der Waals surface area contributed by atoms with Crippen LogP contribution in [0.15, 0.2) is 0 Å². The van der Waals surface area contributed by atoms with Crippen LogP contribution in [0, 0.1) is 0 Å². The van der Waals surface area contributed by atoms with Crippen LogP contribution in [0.1, 0.15) is 46.5 Å². The minimum Gasteiger partial charge on any atom is -0.378 e. The van der Waals surface area contributed by atoms with Crippen LogP contribution in [0.2, 0.25) is 0 Å². The van der Waals surface area contributed by atoms with Crippen LogP contribution in [-0.4, -0.2) is 38.0 Å². The van der Waals surface area contributed by atoms with E-state index in [-0.39, 0.29) is 0 Å². The average molecular weight is 229 g/mol. The zero-order valence-corrected chi connectivity index (χ0v) is 11.2. The molecule has 96 valence electrons. The van der Waals surface area contributed by atoms with Crippen molar-refractivity contribution in [3.05, 3.63) is 0 Å². The van der Waals surface area contributed by atoms with E-state index >= 15 is 0 Å². The fraction of sp³-hybridized carbons (Fsp3) is 1.00. The van der Waals surface area contributed by atoms with E-state index in [1.165, 1.54) is 6.42 Å². The molecule has 1 N–H and O–H groups in total. The molecule has 0 aromatic heterocycles. The maximum Gasteiger partial charge on any atom is 0.0624 e. The van der Waals surface area contributed by atoms with E-state index in [1.807, 2.05) is 7.05 Å². The third-order valence-electron chi connectivity index (χ3n) is 3.28. The molecule has 0 amide bonds. The van der Waals surface area contributed by atoms with Crippen LogP contribution >= 0.6 is 0 Å². The van der Waals surface area contributed by atoms with E-state index in [0.29, 0.717) is 24.4 Å². The number of rotatable bonds is 6. The fourth-order valence-electron chi connectivity index (χ4n) is 2.26. The van der Waals surface area contributed by atoms with Gasteiger partial charge in [0.2, 0.25) is 0 Å². The van der Waals surface area contributed by atoms with Gasteiger partial charge in [0.1, 0.15) is 0 Å². The van der Waals surface area contributed by atoms with Crippen molar-refractivity contribution in [3.8, 4) is 0 Å². The molecule has 0 bridgehead atoms. The topological polar surface area (TPSA) is 30.5 Å². The molecule has 0 saturated carbocycles. The first kappa shape index (κ1) is 13.9. The highest BCUT2D eigenvalue weighted by molar-refractivity contribution is 4.73. The lowest BCUT2D eigenvalue weighted by Crippen LogP contribution is -2.34. The summed E-state index contributed by atoms with van der Waals surface area (Å²) in [5.41, 5.74) is 0. The molecule has 3 unspecified atom stereocenters. The fourth-order valence-corrected chi connectivity index (χ4v) is 2.26. The van der Waals surface area contributed by atoms with Crippen LogP contribution in [-0.2, 0) is 9.47 Å². The van der Waals surface area contributed by atoms with Crippen molar-refractivity contribution in [2.45, 2.75) is 70.8 Å². The van der Waals surface area contributed by atoms with E-state index < -0.39 is 0 Å². The minimum atomic E-state index is 0.352. The van der Waals surface area contributed by atoms with Crippen molar-refractivity contribution in [2.75, 3.05) is 13.7 Å². The molecule has 3 atom stereocenters. The van der Waals surface area contributed by atoms with Crippen molar-refractivity contribution >= 4 is 0 Å². The average Bonchev–Trinajstić information content (AvgIpc) is 2.22. The van der Waals surface area contributed by atoms with Gasteiger partial charge in [-0.05, 0) is 53.5 Å². The molecule has 1 rings (SSSR count). The van der Waals surface area contributed by atoms with Gasteiger partial charge in [0, 0.05) is 12.6 Å². The molecule has 0 radical (unpaired) electrons. The molecule has 1 heterocycles. The molecule has 0 aromatic carbocycles. The summed E-state index contributed by atoms with van der Waals surface area (Å²) in [6, 6.07) is 0.594. The Morgan fingerprint density at radius 1 is 1.31 bits per heavy atom. The van der Waals surface area contributed by atoms with Crippen LogP contribution in [0.5, 0.6) is 0 Å². The summed E-state index contributed by atoms with van der Waals surface area (Å²) in [7, 11) is 2.01. The Labute approximate surface area is 99.9 Å². The summed E-state index contributed by atoms with van der Waals surface area (Å²) < 4.78 is 11.6. The second-order valence-corrected chi connectivity index (χ2v) is 5.05. The second-order valence-electron chi connectivity index (χ2n) is 5.05. The van der Waals surface area contributed by atoms with E-state index in [4.69, 9.17) is 9.47 Å². The Kier molecular flexibility index (Phi) is 6.32. The zero-order chi connectivity index (χ0) is 12.0. The highest BCUT2D eigenvalue weighted by atomic mass is 16.5. The van der Waals surface area contributed by atoms with Crippen molar-refractivity contribution in [3.63, 3.8) is 0 Å².